The quantitative estimate of drug-likeness (QED) is 0.533. The predicted octanol–water partition coefficient (Wildman–Crippen LogP) is 1.57. The first kappa shape index (κ1) is 6.17. The fourth-order valence-electron chi connectivity index (χ4n) is 0.673. The molecule has 0 aliphatic carbocycles. The van der Waals surface area contributed by atoms with Gasteiger partial charge in [-0.15, -0.1) is 11.8 Å². The second-order valence-corrected chi connectivity index (χ2v) is 3.11. The molecule has 0 aromatic rings. The summed E-state index contributed by atoms with van der Waals surface area (Å²) in [6, 6.07) is 0. The van der Waals surface area contributed by atoms with Crippen LogP contribution in [-0.4, -0.2) is 12.4 Å². The van der Waals surface area contributed by atoms with Crippen LogP contribution < -0.4 is 5.32 Å². The molecule has 1 heterocycles. The van der Waals surface area contributed by atoms with E-state index < -0.39 is 0 Å². The van der Waals surface area contributed by atoms with Gasteiger partial charge in [0.2, 0.25) is 0 Å². The van der Waals surface area contributed by atoms with E-state index in [2.05, 4.69) is 18.3 Å². The van der Waals surface area contributed by atoms with Crippen molar-refractivity contribution in [1.29, 1.82) is 0 Å². The highest BCUT2D eigenvalue weighted by Gasteiger charge is 1.94. The molecule has 0 spiro atoms. The lowest BCUT2D eigenvalue weighted by molar-refractivity contribution is 0.794. The zero-order valence-electron chi connectivity index (χ0n) is 5.11. The monoisotopic (exact) mass is 129 g/mol. The van der Waals surface area contributed by atoms with Crippen LogP contribution >= 0.6 is 11.8 Å². The van der Waals surface area contributed by atoms with Crippen LogP contribution in [0.2, 0.25) is 0 Å². The van der Waals surface area contributed by atoms with Gasteiger partial charge in [0.15, 0.2) is 0 Å². The molecule has 0 radical (unpaired) electrons. The maximum Gasteiger partial charge on any atom is 0.0462 e. The van der Waals surface area contributed by atoms with Crippen molar-refractivity contribution < 1.29 is 0 Å². The van der Waals surface area contributed by atoms with E-state index in [4.69, 9.17) is 0 Å². The second kappa shape index (κ2) is 3.15. The van der Waals surface area contributed by atoms with Crippen molar-refractivity contribution in [2.24, 2.45) is 0 Å². The lowest BCUT2D eigenvalue weighted by Crippen LogP contribution is -2.11. The van der Waals surface area contributed by atoms with Gasteiger partial charge in [0.1, 0.15) is 0 Å². The zero-order valence-corrected chi connectivity index (χ0v) is 5.92. The van der Waals surface area contributed by atoms with Gasteiger partial charge in [-0.1, -0.05) is 6.08 Å². The van der Waals surface area contributed by atoms with Crippen LogP contribution in [0, 0.1) is 0 Å². The van der Waals surface area contributed by atoms with Gasteiger partial charge < -0.3 is 5.32 Å². The van der Waals surface area contributed by atoms with Crippen molar-refractivity contribution in [2.75, 3.05) is 12.4 Å². The molecule has 0 fully saturated rings. The Bertz CT molecular complexity index is 98.7. The number of rotatable bonds is 0. The van der Waals surface area contributed by atoms with E-state index in [1.54, 1.807) is 0 Å². The van der Waals surface area contributed by atoms with Crippen molar-refractivity contribution in [3.05, 3.63) is 11.0 Å². The first-order chi connectivity index (χ1) is 3.89. The molecule has 0 bridgehead atoms. The lowest BCUT2D eigenvalue weighted by Gasteiger charge is -1.94. The Labute approximate surface area is 54.5 Å². The Balaban J connectivity index is 2.36. The van der Waals surface area contributed by atoms with Crippen LogP contribution in [-0.2, 0) is 0 Å². The maximum atomic E-state index is 3.29. The van der Waals surface area contributed by atoms with Crippen molar-refractivity contribution in [3.8, 4) is 0 Å². The summed E-state index contributed by atoms with van der Waals surface area (Å²) in [5, 5.41) is 3.29. The molecule has 0 saturated heterocycles. The van der Waals surface area contributed by atoms with Gasteiger partial charge in [-0.3, -0.25) is 0 Å². The summed E-state index contributed by atoms with van der Waals surface area (Å²) in [6.45, 7) is 3.31. The highest BCUT2D eigenvalue weighted by atomic mass is 32.2. The molecule has 0 amide bonds. The Morgan fingerprint density at radius 3 is 3.50 bits per heavy atom. The first-order valence-corrected chi connectivity index (χ1v) is 3.88. The van der Waals surface area contributed by atoms with Crippen molar-refractivity contribution >= 4 is 11.8 Å². The second-order valence-electron chi connectivity index (χ2n) is 1.89. The highest BCUT2D eigenvalue weighted by Crippen LogP contribution is 2.15. The summed E-state index contributed by atoms with van der Waals surface area (Å²) in [5.41, 5.74) is 0. The van der Waals surface area contributed by atoms with Crippen LogP contribution in [0.1, 0.15) is 13.3 Å². The molecular weight excluding hydrogens is 118 g/mol. The predicted molar refractivity (Wildman–Crippen MR) is 38.8 cm³/mol. The average Bonchev–Trinajstić information content (AvgIpc) is 1.94. The van der Waals surface area contributed by atoms with Crippen molar-refractivity contribution in [3.63, 3.8) is 0 Å². The number of nitrogens with one attached hydrogen (secondary N) is 1. The molecule has 0 atom stereocenters. The third kappa shape index (κ3) is 1.88. The SMILES string of the molecule is CC1=CCCNCS1. The number of allylic oxidation sites excluding steroid dienone is 1. The molecule has 1 aliphatic rings. The molecule has 0 saturated carbocycles. The van der Waals surface area contributed by atoms with Crippen LogP contribution in [0.5, 0.6) is 0 Å². The molecule has 1 nitrogen and oxygen atoms in total. The molecule has 0 aromatic heterocycles. The molecule has 1 N–H and O–H groups in total. The van der Waals surface area contributed by atoms with Gasteiger partial charge in [0.05, 0.1) is 0 Å². The Morgan fingerprint density at radius 1 is 1.75 bits per heavy atom. The van der Waals surface area contributed by atoms with Gasteiger partial charge in [-0.2, -0.15) is 0 Å². The maximum absolute atomic E-state index is 3.29. The highest BCUT2D eigenvalue weighted by molar-refractivity contribution is 8.03. The number of thioether (sulfide) groups is 1. The summed E-state index contributed by atoms with van der Waals surface area (Å²) < 4.78 is 0. The van der Waals surface area contributed by atoms with Crippen LogP contribution in [0.25, 0.3) is 0 Å². The molecule has 8 heavy (non-hydrogen) atoms. The molecule has 2 heteroatoms. The topological polar surface area (TPSA) is 12.0 Å². The normalized spacial score (nSPS) is 21.9. The van der Waals surface area contributed by atoms with E-state index in [1.807, 2.05) is 11.8 Å². The summed E-state index contributed by atoms with van der Waals surface area (Å²) >= 11 is 1.89. The van der Waals surface area contributed by atoms with E-state index >= 15 is 0 Å². The Hall–Kier alpha value is 0.0500. The Morgan fingerprint density at radius 2 is 2.62 bits per heavy atom. The van der Waals surface area contributed by atoms with Gasteiger partial charge in [-0.05, 0) is 24.8 Å². The number of hydrogen-bond donors (Lipinski definition) is 1. The lowest BCUT2D eigenvalue weighted by atomic mass is 10.4. The van der Waals surface area contributed by atoms with Crippen molar-refractivity contribution in [1.82, 2.24) is 5.32 Å². The van der Waals surface area contributed by atoms with E-state index in [-0.39, 0.29) is 0 Å². The molecular formula is C6H11NS. The molecule has 46 valence electrons. The van der Waals surface area contributed by atoms with E-state index in [1.165, 1.54) is 11.3 Å². The third-order valence-electron chi connectivity index (χ3n) is 1.15. The molecule has 1 rings (SSSR count). The summed E-state index contributed by atoms with van der Waals surface area (Å²) in [5.74, 6) is 1.09. The fourth-order valence-corrected chi connectivity index (χ4v) is 1.38. The summed E-state index contributed by atoms with van der Waals surface area (Å²) in [7, 11) is 0. The van der Waals surface area contributed by atoms with Crippen LogP contribution in [0.15, 0.2) is 11.0 Å². The van der Waals surface area contributed by atoms with Gasteiger partial charge in [0, 0.05) is 5.88 Å². The summed E-state index contributed by atoms with van der Waals surface area (Å²) in [4.78, 5) is 1.45. The van der Waals surface area contributed by atoms with E-state index in [9.17, 15) is 0 Å². The molecule has 0 unspecified atom stereocenters. The summed E-state index contributed by atoms with van der Waals surface area (Å²) in [6.07, 6.45) is 3.48. The minimum Gasteiger partial charge on any atom is -0.307 e. The smallest absolute Gasteiger partial charge is 0.0462 e. The van der Waals surface area contributed by atoms with E-state index in [0.717, 1.165) is 12.4 Å². The minimum atomic E-state index is 1.09. The van der Waals surface area contributed by atoms with Gasteiger partial charge in [-0.25, -0.2) is 0 Å². The van der Waals surface area contributed by atoms with Gasteiger partial charge in [0.25, 0.3) is 0 Å². The zero-order chi connectivity index (χ0) is 5.82. The van der Waals surface area contributed by atoms with Crippen molar-refractivity contribution in [2.45, 2.75) is 13.3 Å². The third-order valence-corrected chi connectivity index (χ3v) is 2.13. The van der Waals surface area contributed by atoms with E-state index in [0.29, 0.717) is 0 Å². The minimum absolute atomic E-state index is 1.09. The fraction of sp³-hybridized carbons (Fsp3) is 0.667. The first-order valence-electron chi connectivity index (χ1n) is 2.90. The molecule has 1 aliphatic heterocycles. The Kier molecular flexibility index (Phi) is 2.43. The van der Waals surface area contributed by atoms with Gasteiger partial charge >= 0.3 is 0 Å². The van der Waals surface area contributed by atoms with Crippen LogP contribution in [0.4, 0.5) is 0 Å². The largest absolute Gasteiger partial charge is 0.307 e. The average molecular weight is 129 g/mol. The number of hydrogen-bond acceptors (Lipinski definition) is 2. The molecule has 0 aromatic carbocycles. The van der Waals surface area contributed by atoms with Crippen LogP contribution in [0.3, 0.4) is 0 Å². The standard InChI is InChI=1S/C6H11NS/c1-6-3-2-4-7-5-8-6/h3,7H,2,4-5H2,1H3.